The summed E-state index contributed by atoms with van der Waals surface area (Å²) in [5.41, 5.74) is 5.42. The van der Waals surface area contributed by atoms with Gasteiger partial charge in [0, 0.05) is 10.7 Å². The minimum absolute atomic E-state index is 0.171. The maximum atomic E-state index is 12.4. The van der Waals surface area contributed by atoms with Gasteiger partial charge >= 0.3 is 12.0 Å². The fourth-order valence-electron chi connectivity index (χ4n) is 4.35. The molecule has 4 rings (SSSR count). The quantitative estimate of drug-likeness (QED) is 0.0746. The molecule has 238 valence electrons. The maximum absolute atomic E-state index is 12.4. The number of nitrogens with one attached hydrogen (secondary N) is 3. The lowest BCUT2D eigenvalue weighted by atomic mass is 9.95. The molecule has 0 radical (unpaired) electrons. The number of esters is 1. The molecule has 0 aliphatic carbocycles. The van der Waals surface area contributed by atoms with Crippen LogP contribution in [0.5, 0.6) is 17.2 Å². The highest BCUT2D eigenvalue weighted by Gasteiger charge is 2.32. The van der Waals surface area contributed by atoms with Crippen LogP contribution in [0, 0.1) is 0 Å². The fourth-order valence-corrected chi connectivity index (χ4v) is 5.46. The van der Waals surface area contributed by atoms with Gasteiger partial charge in [0.05, 0.1) is 41.0 Å². The summed E-state index contributed by atoms with van der Waals surface area (Å²) < 4.78 is 23.0. The van der Waals surface area contributed by atoms with E-state index in [4.69, 9.17) is 42.1 Å². The molecule has 45 heavy (non-hydrogen) atoms. The molecule has 2 amide bonds. The van der Waals surface area contributed by atoms with Crippen LogP contribution in [0.3, 0.4) is 0 Å². The van der Waals surface area contributed by atoms with Crippen molar-refractivity contribution >= 4 is 57.3 Å². The standard InChI is InChI=1S/C31H31BrCl2N4O7/c1-4-43-25-13-20(28-27(30(40)42-3)17(2)36-31(41)37-28)7-10-24(25)44-16-26(39)38-35-14-19-11-22(32)29(23(34)12-19)45-15-18-5-8-21(33)9-6-18/h5-14,26,28,38-39H,4,15-16H2,1-3H3,(H2,36,37,41)/b35-14-/t26-,28-/m1/s1. The third kappa shape index (κ3) is 9.04. The Morgan fingerprint density at radius 2 is 1.87 bits per heavy atom. The second kappa shape index (κ2) is 15.8. The Morgan fingerprint density at radius 1 is 1.11 bits per heavy atom. The van der Waals surface area contributed by atoms with Crippen molar-refractivity contribution in [3.63, 3.8) is 0 Å². The van der Waals surface area contributed by atoms with E-state index in [2.05, 4.69) is 37.1 Å². The monoisotopic (exact) mass is 720 g/mol. The van der Waals surface area contributed by atoms with Gasteiger partial charge < -0.3 is 34.7 Å². The number of ether oxygens (including phenoxy) is 4. The van der Waals surface area contributed by atoms with E-state index in [1.165, 1.54) is 13.3 Å². The number of carbonyl (C=O) groups is 2. The summed E-state index contributed by atoms with van der Waals surface area (Å²) in [7, 11) is 1.27. The number of methoxy groups -OCH3 is 1. The SMILES string of the molecule is CCOc1cc([C@H]2NC(=O)NC(C)=C2C(=O)OC)ccc1OC[C@@H](O)N/N=C\c1cc(Cl)c(OCc2ccc(Cl)cc2)c(Br)c1. The highest BCUT2D eigenvalue weighted by molar-refractivity contribution is 9.10. The molecular formula is C31H31BrCl2N4O7. The summed E-state index contributed by atoms with van der Waals surface area (Å²) in [4.78, 5) is 24.6. The molecule has 0 unspecified atom stereocenters. The van der Waals surface area contributed by atoms with E-state index in [0.29, 0.717) is 61.8 Å². The van der Waals surface area contributed by atoms with E-state index in [9.17, 15) is 14.7 Å². The molecule has 4 N–H and O–H groups in total. The minimum Gasteiger partial charge on any atom is -0.490 e. The van der Waals surface area contributed by atoms with E-state index >= 15 is 0 Å². The molecule has 1 aliphatic rings. The largest absolute Gasteiger partial charge is 0.490 e. The van der Waals surface area contributed by atoms with E-state index in [-0.39, 0.29) is 12.2 Å². The Bertz CT molecular complexity index is 1580. The fraction of sp³-hybridized carbons (Fsp3) is 0.258. The van der Waals surface area contributed by atoms with E-state index in [0.717, 1.165) is 5.56 Å². The Kier molecular flexibility index (Phi) is 11.9. The molecule has 0 bridgehead atoms. The van der Waals surface area contributed by atoms with Crippen molar-refractivity contribution in [2.24, 2.45) is 5.10 Å². The summed E-state index contributed by atoms with van der Waals surface area (Å²) in [5, 5.41) is 20.9. The first-order valence-corrected chi connectivity index (χ1v) is 15.2. The number of allylic oxidation sites excluding steroid dienone is 1. The van der Waals surface area contributed by atoms with E-state index in [1.54, 1.807) is 56.3 Å². The van der Waals surface area contributed by atoms with Gasteiger partial charge in [-0.25, -0.2) is 9.59 Å². The predicted octanol–water partition coefficient (Wildman–Crippen LogP) is 5.86. The number of amides is 2. The Hall–Kier alpha value is -3.97. The molecule has 0 saturated heterocycles. The summed E-state index contributed by atoms with van der Waals surface area (Å²) in [6.45, 7) is 3.89. The van der Waals surface area contributed by atoms with Crippen LogP contribution >= 0.6 is 39.1 Å². The van der Waals surface area contributed by atoms with Gasteiger partial charge in [-0.2, -0.15) is 5.10 Å². The summed E-state index contributed by atoms with van der Waals surface area (Å²) >= 11 is 15.9. The van der Waals surface area contributed by atoms with Crippen molar-refractivity contribution in [1.29, 1.82) is 0 Å². The van der Waals surface area contributed by atoms with E-state index < -0.39 is 24.3 Å². The number of rotatable bonds is 13. The summed E-state index contributed by atoms with van der Waals surface area (Å²) in [6, 6.07) is 14.5. The number of urea groups is 1. The van der Waals surface area contributed by atoms with Gasteiger partial charge in [0.15, 0.2) is 23.5 Å². The zero-order valence-electron chi connectivity index (χ0n) is 24.5. The number of halogens is 3. The zero-order valence-corrected chi connectivity index (χ0v) is 27.6. The number of nitrogens with zero attached hydrogens (tertiary/aromatic N) is 1. The first-order chi connectivity index (χ1) is 21.6. The van der Waals surface area contributed by atoms with Crippen molar-refractivity contribution < 1.29 is 33.6 Å². The highest BCUT2D eigenvalue weighted by Crippen LogP contribution is 2.36. The van der Waals surface area contributed by atoms with Crippen LogP contribution in [0.1, 0.15) is 36.6 Å². The Morgan fingerprint density at radius 3 is 2.56 bits per heavy atom. The molecule has 0 saturated carbocycles. The number of aliphatic hydroxyl groups is 1. The second-order valence-corrected chi connectivity index (χ2v) is 11.3. The van der Waals surface area contributed by atoms with Crippen LogP contribution < -0.4 is 30.3 Å². The molecule has 3 aromatic carbocycles. The van der Waals surface area contributed by atoms with Crippen molar-refractivity contribution in [2.75, 3.05) is 20.3 Å². The van der Waals surface area contributed by atoms with Crippen molar-refractivity contribution in [2.45, 2.75) is 32.7 Å². The lowest BCUT2D eigenvalue weighted by Crippen LogP contribution is -2.45. The molecule has 3 aromatic rings. The molecule has 0 aromatic heterocycles. The first-order valence-electron chi connectivity index (χ1n) is 13.7. The van der Waals surface area contributed by atoms with Gasteiger partial charge in [-0.15, -0.1) is 0 Å². The van der Waals surface area contributed by atoms with Crippen LogP contribution in [0.15, 0.2) is 75.4 Å². The Labute approximate surface area is 278 Å². The summed E-state index contributed by atoms with van der Waals surface area (Å²) in [5.74, 6) is 0.608. The number of hydrogen-bond donors (Lipinski definition) is 4. The van der Waals surface area contributed by atoms with Gasteiger partial charge in [0.25, 0.3) is 0 Å². The van der Waals surface area contributed by atoms with Crippen LogP contribution in [0.25, 0.3) is 0 Å². The average molecular weight is 722 g/mol. The molecule has 2 atom stereocenters. The number of hydrazone groups is 1. The van der Waals surface area contributed by atoms with Crippen LogP contribution in [-0.4, -0.2) is 49.9 Å². The van der Waals surface area contributed by atoms with Crippen LogP contribution in [-0.2, 0) is 16.1 Å². The van der Waals surface area contributed by atoms with E-state index in [1.807, 2.05) is 12.1 Å². The molecular weight excluding hydrogens is 691 g/mol. The molecule has 0 fully saturated rings. The predicted molar refractivity (Wildman–Crippen MR) is 174 cm³/mol. The lowest BCUT2D eigenvalue weighted by molar-refractivity contribution is -0.136. The normalized spacial score (nSPS) is 15.3. The van der Waals surface area contributed by atoms with Crippen LogP contribution in [0.2, 0.25) is 10.0 Å². The van der Waals surface area contributed by atoms with Crippen LogP contribution in [0.4, 0.5) is 4.79 Å². The third-order valence-corrected chi connectivity index (χ3v) is 7.55. The topological polar surface area (TPSA) is 140 Å². The van der Waals surface area contributed by atoms with Gasteiger partial charge in [-0.1, -0.05) is 41.4 Å². The molecule has 0 spiro atoms. The second-order valence-electron chi connectivity index (χ2n) is 9.64. The van der Waals surface area contributed by atoms with Crippen molar-refractivity contribution in [1.82, 2.24) is 16.1 Å². The van der Waals surface area contributed by atoms with Crippen molar-refractivity contribution in [3.8, 4) is 17.2 Å². The lowest BCUT2D eigenvalue weighted by Gasteiger charge is -2.28. The summed E-state index contributed by atoms with van der Waals surface area (Å²) in [6.07, 6.45) is 0.321. The number of aliphatic hydroxyl groups excluding tert-OH is 1. The average Bonchev–Trinajstić information content (AvgIpc) is 3.00. The van der Waals surface area contributed by atoms with Gasteiger partial charge in [-0.3, -0.25) is 5.43 Å². The number of carbonyl (C=O) groups excluding carboxylic acids is 2. The first kappa shape index (κ1) is 33.9. The van der Waals surface area contributed by atoms with Gasteiger partial charge in [-0.05, 0) is 82.9 Å². The molecule has 1 aliphatic heterocycles. The van der Waals surface area contributed by atoms with Crippen molar-refractivity contribution in [3.05, 3.63) is 97.1 Å². The minimum atomic E-state index is -1.17. The zero-order chi connectivity index (χ0) is 32.5. The smallest absolute Gasteiger partial charge is 0.337 e. The van der Waals surface area contributed by atoms with Gasteiger partial charge in [0.1, 0.15) is 13.2 Å². The molecule has 11 nitrogen and oxygen atoms in total. The molecule has 14 heteroatoms. The molecule has 1 heterocycles. The highest BCUT2D eigenvalue weighted by atomic mass is 79.9. The number of hydrogen-bond acceptors (Lipinski definition) is 9. The van der Waals surface area contributed by atoms with Gasteiger partial charge in [0.2, 0.25) is 0 Å². The maximum Gasteiger partial charge on any atom is 0.337 e. The third-order valence-electron chi connectivity index (χ3n) is 6.43. The number of benzene rings is 3. The Balaban J connectivity index is 1.37.